The van der Waals surface area contributed by atoms with Crippen molar-refractivity contribution in [2.75, 3.05) is 19.0 Å². The van der Waals surface area contributed by atoms with E-state index < -0.39 is 18.0 Å². The fourth-order valence-electron chi connectivity index (χ4n) is 3.41. The summed E-state index contributed by atoms with van der Waals surface area (Å²) in [5.41, 5.74) is 2.38. The Kier molecular flexibility index (Phi) is 9.68. The Morgan fingerprint density at radius 3 is 2.45 bits per heavy atom. The van der Waals surface area contributed by atoms with Crippen molar-refractivity contribution in [3.05, 3.63) is 58.2 Å². The third-order valence-corrected chi connectivity index (χ3v) is 5.88. The molecule has 7 nitrogen and oxygen atoms in total. The van der Waals surface area contributed by atoms with Gasteiger partial charge in [0.05, 0.1) is 18.7 Å². The third-order valence-electron chi connectivity index (χ3n) is 5.52. The summed E-state index contributed by atoms with van der Waals surface area (Å²) in [6.07, 6.45) is 3.87. The van der Waals surface area contributed by atoms with Gasteiger partial charge in [-0.15, -0.1) is 0 Å². The lowest BCUT2D eigenvalue weighted by Gasteiger charge is -2.27. The zero-order chi connectivity index (χ0) is 24.6. The van der Waals surface area contributed by atoms with Crippen LogP contribution in [0, 0.1) is 11.3 Å². The highest BCUT2D eigenvalue weighted by Crippen LogP contribution is 2.30. The van der Waals surface area contributed by atoms with Gasteiger partial charge < -0.3 is 15.2 Å². The third kappa shape index (κ3) is 8.02. The van der Waals surface area contributed by atoms with Crippen molar-refractivity contribution < 1.29 is 19.4 Å². The van der Waals surface area contributed by atoms with E-state index >= 15 is 0 Å². The van der Waals surface area contributed by atoms with Crippen LogP contribution in [-0.4, -0.2) is 35.8 Å². The highest BCUT2D eigenvalue weighted by molar-refractivity contribution is 6.31. The number of nitrogens with one attached hydrogen (secondary N) is 2. The predicted molar refractivity (Wildman–Crippen MR) is 131 cm³/mol. The van der Waals surface area contributed by atoms with Gasteiger partial charge in [-0.25, -0.2) is 14.6 Å². The van der Waals surface area contributed by atoms with Gasteiger partial charge in [0.2, 0.25) is 0 Å². The van der Waals surface area contributed by atoms with Crippen LogP contribution in [0.25, 0.3) is 0 Å². The first kappa shape index (κ1) is 26.6. The number of aryl methyl sites for hydroxylation is 1. The predicted octanol–water partition coefficient (Wildman–Crippen LogP) is 5.38. The number of urea groups is 1. The number of amides is 2. The van der Waals surface area contributed by atoms with Crippen LogP contribution in [0.15, 0.2) is 36.5 Å². The lowest BCUT2D eigenvalue weighted by Crippen LogP contribution is -2.37. The van der Waals surface area contributed by atoms with Gasteiger partial charge in [0.1, 0.15) is 5.82 Å². The average Bonchev–Trinajstić information content (AvgIpc) is 2.77. The van der Waals surface area contributed by atoms with Gasteiger partial charge in [-0.3, -0.25) is 5.32 Å². The number of esters is 1. The number of methoxy groups -OCH3 is 1. The molecule has 0 fully saturated rings. The summed E-state index contributed by atoms with van der Waals surface area (Å²) in [5, 5.41) is 16.2. The molecule has 0 aliphatic rings. The lowest BCUT2D eigenvalue weighted by atomic mass is 9.87. The second kappa shape index (κ2) is 12.0. The number of anilines is 1. The summed E-state index contributed by atoms with van der Waals surface area (Å²) in [6.45, 7) is 8.45. The Labute approximate surface area is 200 Å². The molecule has 2 atom stereocenters. The number of rotatable bonds is 9. The number of halogens is 1. The van der Waals surface area contributed by atoms with Crippen LogP contribution in [0.5, 0.6) is 0 Å². The molecule has 2 amide bonds. The molecule has 3 N–H and O–H groups in total. The van der Waals surface area contributed by atoms with E-state index in [1.807, 2.05) is 25.1 Å². The highest BCUT2D eigenvalue weighted by Gasteiger charge is 2.24. The summed E-state index contributed by atoms with van der Waals surface area (Å²) in [6, 6.07) is 7.94. The molecule has 33 heavy (non-hydrogen) atoms. The van der Waals surface area contributed by atoms with Crippen molar-refractivity contribution in [2.24, 2.45) is 11.3 Å². The Morgan fingerprint density at radius 1 is 1.21 bits per heavy atom. The van der Waals surface area contributed by atoms with Crippen LogP contribution < -0.4 is 10.6 Å². The number of ether oxygens (including phenoxy) is 1. The molecule has 0 spiro atoms. The number of benzene rings is 1. The Bertz CT molecular complexity index is 938. The molecule has 0 bridgehead atoms. The minimum Gasteiger partial charge on any atom is -0.465 e. The second-order valence-electron chi connectivity index (χ2n) is 9.26. The molecule has 1 aromatic heterocycles. The molecule has 2 rings (SSSR count). The summed E-state index contributed by atoms with van der Waals surface area (Å²) < 4.78 is 4.65. The van der Waals surface area contributed by atoms with E-state index in [0.717, 1.165) is 24.0 Å². The number of carbonyl (C=O) groups excluding carboxylic acids is 2. The van der Waals surface area contributed by atoms with E-state index in [4.69, 9.17) is 11.6 Å². The number of aliphatic hydroxyl groups is 1. The molecule has 0 aliphatic carbocycles. The van der Waals surface area contributed by atoms with Crippen molar-refractivity contribution in [1.82, 2.24) is 10.3 Å². The SMILES string of the molecule is CCC(CO)[C@@H](NC(=O)Nc1ccc(C(=O)OC)cn1)c1ccc(CCC(C)(C)C)c(Cl)c1. The van der Waals surface area contributed by atoms with Gasteiger partial charge in [-0.1, -0.05) is 51.4 Å². The smallest absolute Gasteiger partial charge is 0.339 e. The summed E-state index contributed by atoms with van der Waals surface area (Å²) in [5.74, 6) is -0.413. The maximum absolute atomic E-state index is 12.7. The number of pyridine rings is 1. The van der Waals surface area contributed by atoms with Gasteiger partial charge in [0.25, 0.3) is 0 Å². The van der Waals surface area contributed by atoms with Gasteiger partial charge in [-0.2, -0.15) is 0 Å². The fourth-order valence-corrected chi connectivity index (χ4v) is 3.70. The molecule has 1 heterocycles. The van der Waals surface area contributed by atoms with Crippen molar-refractivity contribution in [1.29, 1.82) is 0 Å². The van der Waals surface area contributed by atoms with Crippen LogP contribution in [0.3, 0.4) is 0 Å². The molecular formula is C25H34ClN3O4. The monoisotopic (exact) mass is 475 g/mol. The van der Waals surface area contributed by atoms with E-state index in [9.17, 15) is 14.7 Å². The van der Waals surface area contributed by atoms with E-state index in [1.165, 1.54) is 25.4 Å². The van der Waals surface area contributed by atoms with Crippen molar-refractivity contribution in [2.45, 2.75) is 53.0 Å². The largest absolute Gasteiger partial charge is 0.465 e. The maximum atomic E-state index is 12.7. The zero-order valence-corrected chi connectivity index (χ0v) is 20.7. The second-order valence-corrected chi connectivity index (χ2v) is 9.67. The minimum atomic E-state index is -0.505. The maximum Gasteiger partial charge on any atom is 0.339 e. The first-order valence-electron chi connectivity index (χ1n) is 11.1. The van der Waals surface area contributed by atoms with E-state index in [-0.39, 0.29) is 29.3 Å². The van der Waals surface area contributed by atoms with Gasteiger partial charge in [0, 0.05) is 23.7 Å². The number of nitrogens with zero attached hydrogens (tertiary/aromatic N) is 1. The number of aromatic nitrogens is 1. The van der Waals surface area contributed by atoms with E-state index in [1.54, 1.807) is 0 Å². The quantitative estimate of drug-likeness (QED) is 0.422. The van der Waals surface area contributed by atoms with Crippen LogP contribution >= 0.6 is 11.6 Å². The van der Waals surface area contributed by atoms with E-state index in [2.05, 4.69) is 41.1 Å². The number of carbonyl (C=O) groups is 2. The molecule has 180 valence electrons. The Morgan fingerprint density at radius 2 is 1.94 bits per heavy atom. The molecular weight excluding hydrogens is 442 g/mol. The van der Waals surface area contributed by atoms with Crippen molar-refractivity contribution in [3.63, 3.8) is 0 Å². The molecule has 8 heteroatoms. The van der Waals surface area contributed by atoms with Crippen molar-refractivity contribution in [3.8, 4) is 0 Å². The Hall–Kier alpha value is -2.64. The lowest BCUT2D eigenvalue weighted by molar-refractivity contribution is 0.0600. The molecule has 0 saturated heterocycles. The summed E-state index contributed by atoms with van der Waals surface area (Å²) >= 11 is 6.57. The fraction of sp³-hybridized carbons (Fsp3) is 0.480. The van der Waals surface area contributed by atoms with E-state index in [0.29, 0.717) is 11.4 Å². The van der Waals surface area contributed by atoms with Gasteiger partial charge in [0.15, 0.2) is 0 Å². The van der Waals surface area contributed by atoms with Gasteiger partial charge >= 0.3 is 12.0 Å². The molecule has 0 saturated carbocycles. The number of hydrogen-bond acceptors (Lipinski definition) is 5. The summed E-state index contributed by atoms with van der Waals surface area (Å²) in [7, 11) is 1.29. The molecule has 1 unspecified atom stereocenters. The number of hydrogen-bond donors (Lipinski definition) is 3. The zero-order valence-electron chi connectivity index (χ0n) is 19.9. The average molecular weight is 476 g/mol. The standard InChI is InChI=1S/C25H34ClN3O4/c1-6-16(15-30)22(18-8-7-17(20(26)13-18)11-12-25(2,3)4)29-24(32)28-21-10-9-19(14-27-21)23(31)33-5/h7-10,13-14,16,22,30H,6,11-12,15H2,1-5H3,(H2,27,28,29,32)/t16?,22-/m1/s1. The topological polar surface area (TPSA) is 101 Å². The molecule has 0 radical (unpaired) electrons. The Balaban J connectivity index is 2.17. The normalized spacial score (nSPS) is 13.2. The molecule has 2 aromatic rings. The highest BCUT2D eigenvalue weighted by atomic mass is 35.5. The summed E-state index contributed by atoms with van der Waals surface area (Å²) in [4.78, 5) is 28.3. The number of aliphatic hydroxyl groups excluding tert-OH is 1. The van der Waals surface area contributed by atoms with Crippen LogP contribution in [0.2, 0.25) is 5.02 Å². The minimum absolute atomic E-state index is 0.0864. The van der Waals surface area contributed by atoms with Crippen LogP contribution in [0.1, 0.15) is 68.1 Å². The van der Waals surface area contributed by atoms with Crippen LogP contribution in [-0.2, 0) is 11.2 Å². The molecule has 1 aromatic carbocycles. The first-order chi connectivity index (χ1) is 15.6. The van der Waals surface area contributed by atoms with Gasteiger partial charge in [-0.05, 0) is 54.0 Å². The van der Waals surface area contributed by atoms with Crippen LogP contribution in [0.4, 0.5) is 10.6 Å². The molecule has 0 aliphatic heterocycles. The van der Waals surface area contributed by atoms with Crippen molar-refractivity contribution >= 4 is 29.4 Å². The first-order valence-corrected chi connectivity index (χ1v) is 11.5.